The molecule has 1 fully saturated rings. The van der Waals surface area contributed by atoms with E-state index in [-0.39, 0.29) is 17.0 Å². The topological polar surface area (TPSA) is 79.0 Å². The van der Waals surface area contributed by atoms with Crippen LogP contribution in [0, 0.1) is 0 Å². The standard InChI is InChI=1S/C27H30ClN3O4S/c1-6-35-19-9-7-18(8-10-19)29-24(32)15-31-25(33)23(36-26(31)34)12-17-11-20-16(2)14-27(3,4)30(5)22(20)13-21(17)28/h7-13,16H,6,14-15H2,1-5H3,(H,29,32)/b23-12-. The maximum Gasteiger partial charge on any atom is 0.294 e. The van der Waals surface area contributed by atoms with Gasteiger partial charge in [-0.1, -0.05) is 18.5 Å². The van der Waals surface area contributed by atoms with Gasteiger partial charge in [-0.25, -0.2) is 0 Å². The third-order valence-electron chi connectivity index (χ3n) is 6.66. The zero-order chi connectivity index (χ0) is 26.2. The zero-order valence-corrected chi connectivity index (χ0v) is 22.6. The van der Waals surface area contributed by atoms with E-state index in [4.69, 9.17) is 16.3 Å². The molecule has 1 N–H and O–H groups in total. The van der Waals surface area contributed by atoms with Crippen molar-refractivity contribution in [1.29, 1.82) is 0 Å². The van der Waals surface area contributed by atoms with E-state index in [9.17, 15) is 14.4 Å². The van der Waals surface area contributed by atoms with Crippen LogP contribution in [0.4, 0.5) is 16.2 Å². The van der Waals surface area contributed by atoms with Gasteiger partial charge in [-0.3, -0.25) is 19.3 Å². The molecule has 36 heavy (non-hydrogen) atoms. The monoisotopic (exact) mass is 527 g/mol. The molecule has 2 aliphatic heterocycles. The van der Waals surface area contributed by atoms with Crippen molar-refractivity contribution in [3.8, 4) is 5.75 Å². The first kappa shape index (κ1) is 26.1. The molecule has 2 aliphatic rings. The lowest BCUT2D eigenvalue weighted by molar-refractivity contribution is -0.127. The first-order chi connectivity index (χ1) is 17.0. The third-order valence-corrected chi connectivity index (χ3v) is 7.90. The van der Waals surface area contributed by atoms with Crippen LogP contribution in [0.5, 0.6) is 5.75 Å². The van der Waals surface area contributed by atoms with Crippen molar-refractivity contribution in [2.24, 2.45) is 0 Å². The summed E-state index contributed by atoms with van der Waals surface area (Å²) in [5.74, 6) is 0.0371. The number of carbonyl (C=O) groups excluding carboxylic acids is 3. The van der Waals surface area contributed by atoms with Gasteiger partial charge in [0.15, 0.2) is 0 Å². The van der Waals surface area contributed by atoms with Gasteiger partial charge >= 0.3 is 0 Å². The average molecular weight is 528 g/mol. The largest absolute Gasteiger partial charge is 0.494 e. The highest BCUT2D eigenvalue weighted by molar-refractivity contribution is 8.18. The molecule has 0 radical (unpaired) electrons. The lowest BCUT2D eigenvalue weighted by Gasteiger charge is -2.45. The number of rotatable bonds is 6. The number of carbonyl (C=O) groups is 3. The van der Waals surface area contributed by atoms with Gasteiger partial charge in [0.25, 0.3) is 11.1 Å². The molecule has 9 heteroatoms. The molecular formula is C27H30ClN3O4S. The number of hydrogen-bond acceptors (Lipinski definition) is 6. The Hall–Kier alpha value is -2.97. The van der Waals surface area contributed by atoms with E-state index >= 15 is 0 Å². The Balaban J connectivity index is 1.49. The van der Waals surface area contributed by atoms with Gasteiger partial charge in [0.1, 0.15) is 12.3 Å². The van der Waals surface area contributed by atoms with Gasteiger partial charge in [0, 0.05) is 29.0 Å². The predicted octanol–water partition coefficient (Wildman–Crippen LogP) is 6.14. The average Bonchev–Trinajstić information content (AvgIpc) is 3.07. The van der Waals surface area contributed by atoms with Gasteiger partial charge < -0.3 is 15.0 Å². The zero-order valence-electron chi connectivity index (χ0n) is 21.1. The summed E-state index contributed by atoms with van der Waals surface area (Å²) in [5, 5.41) is 2.72. The summed E-state index contributed by atoms with van der Waals surface area (Å²) in [6, 6.07) is 10.8. The number of nitrogens with one attached hydrogen (secondary N) is 1. The number of nitrogens with zero attached hydrogens (tertiary/aromatic N) is 2. The molecule has 0 aromatic heterocycles. The summed E-state index contributed by atoms with van der Waals surface area (Å²) in [6.07, 6.45) is 2.63. The molecule has 2 aromatic carbocycles. The van der Waals surface area contributed by atoms with E-state index in [0.29, 0.717) is 34.5 Å². The van der Waals surface area contributed by atoms with E-state index in [1.54, 1.807) is 30.3 Å². The number of ether oxygens (including phenoxy) is 1. The maximum atomic E-state index is 13.0. The van der Waals surface area contributed by atoms with Gasteiger partial charge in [0.2, 0.25) is 5.91 Å². The molecule has 0 bridgehead atoms. The minimum Gasteiger partial charge on any atom is -0.494 e. The van der Waals surface area contributed by atoms with Gasteiger partial charge in [-0.2, -0.15) is 0 Å². The third kappa shape index (κ3) is 5.25. The fourth-order valence-corrected chi connectivity index (χ4v) is 5.68. The molecule has 0 spiro atoms. The Morgan fingerprint density at radius 2 is 1.94 bits per heavy atom. The van der Waals surface area contributed by atoms with Crippen LogP contribution < -0.4 is 15.0 Å². The molecule has 3 amide bonds. The second kappa shape index (κ2) is 10.2. The normalized spacial score (nSPS) is 20.1. The Labute approximate surface area is 220 Å². The number of amides is 3. The van der Waals surface area contributed by atoms with E-state index in [1.165, 1.54) is 0 Å². The van der Waals surface area contributed by atoms with E-state index in [0.717, 1.165) is 34.3 Å². The predicted molar refractivity (Wildman–Crippen MR) is 146 cm³/mol. The van der Waals surface area contributed by atoms with Crippen LogP contribution >= 0.6 is 23.4 Å². The number of benzene rings is 2. The quantitative estimate of drug-likeness (QED) is 0.455. The molecule has 0 aliphatic carbocycles. The van der Waals surface area contributed by atoms with Crippen molar-refractivity contribution in [2.45, 2.75) is 45.6 Å². The van der Waals surface area contributed by atoms with E-state index in [2.05, 4.69) is 38.0 Å². The number of anilines is 2. The highest BCUT2D eigenvalue weighted by Gasteiger charge is 2.37. The molecule has 2 aromatic rings. The molecular weight excluding hydrogens is 498 g/mol. The summed E-state index contributed by atoms with van der Waals surface area (Å²) >= 11 is 7.42. The molecule has 1 atom stereocenters. The lowest BCUT2D eigenvalue weighted by Crippen LogP contribution is -2.45. The number of hydrogen-bond donors (Lipinski definition) is 1. The lowest BCUT2D eigenvalue weighted by atomic mass is 9.80. The Morgan fingerprint density at radius 3 is 2.61 bits per heavy atom. The number of fused-ring (bicyclic) bond motifs is 1. The van der Waals surface area contributed by atoms with Crippen LogP contribution in [0.1, 0.15) is 51.2 Å². The molecule has 190 valence electrons. The Kier molecular flexibility index (Phi) is 7.38. The molecule has 1 saturated heterocycles. The highest BCUT2D eigenvalue weighted by atomic mass is 35.5. The fraction of sp³-hybridized carbons (Fsp3) is 0.370. The fourth-order valence-electron chi connectivity index (χ4n) is 4.64. The minimum atomic E-state index is -0.507. The second-order valence-electron chi connectivity index (χ2n) is 9.68. The van der Waals surface area contributed by atoms with Gasteiger partial charge in [0.05, 0.1) is 11.5 Å². The van der Waals surface area contributed by atoms with E-state index < -0.39 is 17.1 Å². The van der Waals surface area contributed by atoms with Crippen molar-refractivity contribution < 1.29 is 19.1 Å². The summed E-state index contributed by atoms with van der Waals surface area (Å²) in [4.78, 5) is 41.5. The number of thioether (sulfide) groups is 1. The first-order valence-corrected chi connectivity index (χ1v) is 13.0. The molecule has 0 saturated carbocycles. The van der Waals surface area contributed by atoms with Crippen LogP contribution in [0.3, 0.4) is 0 Å². The Bertz CT molecular complexity index is 1240. The molecule has 7 nitrogen and oxygen atoms in total. The van der Waals surface area contributed by atoms with E-state index in [1.807, 2.05) is 19.1 Å². The van der Waals surface area contributed by atoms with Crippen molar-refractivity contribution >= 4 is 57.9 Å². The number of imide groups is 1. The smallest absolute Gasteiger partial charge is 0.294 e. The van der Waals surface area contributed by atoms with Crippen LogP contribution in [0.25, 0.3) is 6.08 Å². The van der Waals surface area contributed by atoms with Crippen LogP contribution in [0.15, 0.2) is 41.3 Å². The van der Waals surface area contributed by atoms with Crippen LogP contribution in [-0.2, 0) is 9.59 Å². The highest BCUT2D eigenvalue weighted by Crippen LogP contribution is 2.45. The van der Waals surface area contributed by atoms with Gasteiger partial charge in [-0.15, -0.1) is 0 Å². The molecule has 4 rings (SSSR count). The first-order valence-electron chi connectivity index (χ1n) is 11.9. The summed E-state index contributed by atoms with van der Waals surface area (Å²) in [5.41, 5.74) is 3.46. The van der Waals surface area contributed by atoms with Gasteiger partial charge in [-0.05, 0) is 98.5 Å². The van der Waals surface area contributed by atoms with Crippen molar-refractivity contribution in [3.05, 3.63) is 57.5 Å². The molecule has 2 heterocycles. The Morgan fingerprint density at radius 1 is 1.25 bits per heavy atom. The minimum absolute atomic E-state index is 0.00577. The summed E-state index contributed by atoms with van der Waals surface area (Å²) in [6.45, 7) is 8.65. The second-order valence-corrected chi connectivity index (χ2v) is 11.1. The van der Waals surface area contributed by atoms with Crippen molar-refractivity contribution in [3.63, 3.8) is 0 Å². The van der Waals surface area contributed by atoms with Crippen LogP contribution in [0.2, 0.25) is 5.02 Å². The maximum absolute atomic E-state index is 13.0. The van der Waals surface area contributed by atoms with Crippen molar-refractivity contribution in [2.75, 3.05) is 30.4 Å². The number of halogens is 1. The summed E-state index contributed by atoms with van der Waals surface area (Å²) < 4.78 is 5.39. The van der Waals surface area contributed by atoms with Crippen LogP contribution in [-0.4, -0.2) is 47.7 Å². The SMILES string of the molecule is CCOc1ccc(NC(=O)CN2C(=O)S/C(=C\c3cc4c(cc3Cl)N(C)C(C)(C)CC4C)C2=O)cc1. The summed E-state index contributed by atoms with van der Waals surface area (Å²) in [7, 11) is 2.06. The molecule has 1 unspecified atom stereocenters. The van der Waals surface area contributed by atoms with Crippen molar-refractivity contribution in [1.82, 2.24) is 4.90 Å².